The number of halogens is 1. The number of benzene rings is 1. The molecule has 8 heteroatoms. The molecule has 2 heterocycles. The van der Waals surface area contributed by atoms with Crippen LogP contribution in [-0.4, -0.2) is 33.0 Å². The largest absolute Gasteiger partial charge is 0.322 e. The molecule has 1 unspecified atom stereocenters. The molecule has 0 bridgehead atoms. The van der Waals surface area contributed by atoms with Crippen molar-refractivity contribution in [2.45, 2.75) is 5.37 Å². The highest BCUT2D eigenvalue weighted by molar-refractivity contribution is 7.99. The minimum Gasteiger partial charge on any atom is -0.322 e. The minimum absolute atomic E-state index is 0.0889. The van der Waals surface area contributed by atoms with Gasteiger partial charge in [0.05, 0.1) is 15.5 Å². The maximum Gasteiger partial charge on any atom is 0.270 e. The highest BCUT2D eigenvalue weighted by atomic mass is 35.5. The zero-order valence-electron chi connectivity index (χ0n) is 11.9. The van der Waals surface area contributed by atoms with E-state index in [1.54, 1.807) is 29.1 Å². The molecule has 1 aromatic carbocycles. The third-order valence-electron chi connectivity index (χ3n) is 3.52. The molecule has 1 aromatic heterocycles. The lowest BCUT2D eigenvalue weighted by Gasteiger charge is -2.24. The number of thioether (sulfide) groups is 1. The molecule has 1 aliphatic rings. The van der Waals surface area contributed by atoms with Crippen molar-refractivity contribution in [2.75, 3.05) is 12.3 Å². The molecule has 0 N–H and O–H groups in total. The molecule has 0 saturated carbocycles. The van der Waals surface area contributed by atoms with Gasteiger partial charge in [-0.05, 0) is 12.1 Å². The Morgan fingerprint density at radius 3 is 2.91 bits per heavy atom. The standard InChI is InChI=1S/C15H12ClN3O3S/c16-13-8-11(19(21)22)3-4-12(13)14(20)18-6-7-23-15(18)10-2-1-5-17-9-10/h1-5,8-9,15H,6-7H2. The summed E-state index contributed by atoms with van der Waals surface area (Å²) >= 11 is 7.72. The number of hydrogen-bond acceptors (Lipinski definition) is 5. The van der Waals surface area contributed by atoms with Gasteiger partial charge in [0.2, 0.25) is 0 Å². The summed E-state index contributed by atoms with van der Waals surface area (Å²) in [7, 11) is 0. The van der Waals surface area contributed by atoms with Crippen LogP contribution in [0.3, 0.4) is 0 Å². The van der Waals surface area contributed by atoms with Gasteiger partial charge in [0, 0.05) is 42.4 Å². The van der Waals surface area contributed by atoms with Gasteiger partial charge in [-0.3, -0.25) is 19.9 Å². The molecule has 1 fully saturated rings. The van der Waals surface area contributed by atoms with Crippen LogP contribution in [0.5, 0.6) is 0 Å². The summed E-state index contributed by atoms with van der Waals surface area (Å²) in [5.74, 6) is 0.583. The van der Waals surface area contributed by atoms with Gasteiger partial charge in [0.15, 0.2) is 0 Å². The zero-order valence-corrected chi connectivity index (χ0v) is 13.5. The molecule has 1 aliphatic heterocycles. The molecule has 1 saturated heterocycles. The molecule has 6 nitrogen and oxygen atoms in total. The van der Waals surface area contributed by atoms with Crippen LogP contribution in [-0.2, 0) is 0 Å². The van der Waals surface area contributed by atoms with Gasteiger partial charge >= 0.3 is 0 Å². The molecule has 23 heavy (non-hydrogen) atoms. The van der Waals surface area contributed by atoms with Gasteiger partial charge in [0.25, 0.3) is 11.6 Å². The maximum atomic E-state index is 12.8. The van der Waals surface area contributed by atoms with Crippen molar-refractivity contribution in [1.29, 1.82) is 0 Å². The Hall–Kier alpha value is -2.12. The van der Waals surface area contributed by atoms with Crippen molar-refractivity contribution in [3.63, 3.8) is 0 Å². The van der Waals surface area contributed by atoms with Crippen LogP contribution in [0.1, 0.15) is 21.3 Å². The second kappa shape index (κ2) is 6.55. The smallest absolute Gasteiger partial charge is 0.270 e. The van der Waals surface area contributed by atoms with Crippen molar-refractivity contribution in [1.82, 2.24) is 9.88 Å². The quantitative estimate of drug-likeness (QED) is 0.625. The fourth-order valence-corrected chi connectivity index (χ4v) is 3.92. The fraction of sp³-hybridized carbons (Fsp3) is 0.200. The molecule has 0 spiro atoms. The molecule has 3 rings (SSSR count). The van der Waals surface area contributed by atoms with E-state index < -0.39 is 4.92 Å². The summed E-state index contributed by atoms with van der Waals surface area (Å²) in [6, 6.07) is 7.66. The molecular weight excluding hydrogens is 338 g/mol. The van der Waals surface area contributed by atoms with Crippen LogP contribution in [0.4, 0.5) is 5.69 Å². The van der Waals surface area contributed by atoms with Crippen molar-refractivity contribution in [3.8, 4) is 0 Å². The SMILES string of the molecule is O=C(c1ccc([N+](=O)[O-])cc1Cl)N1CCSC1c1cccnc1. The highest BCUT2D eigenvalue weighted by Gasteiger charge is 2.32. The summed E-state index contributed by atoms with van der Waals surface area (Å²) in [4.78, 5) is 28.8. The average molecular weight is 350 g/mol. The lowest BCUT2D eigenvalue weighted by Crippen LogP contribution is -2.30. The Bertz CT molecular complexity index is 757. The van der Waals surface area contributed by atoms with Gasteiger partial charge < -0.3 is 4.90 Å². The van der Waals surface area contributed by atoms with Gasteiger partial charge in [-0.25, -0.2) is 0 Å². The number of amides is 1. The van der Waals surface area contributed by atoms with E-state index in [-0.39, 0.29) is 27.6 Å². The summed E-state index contributed by atoms with van der Waals surface area (Å²) < 4.78 is 0. The van der Waals surface area contributed by atoms with E-state index in [1.165, 1.54) is 18.2 Å². The first-order valence-corrected chi connectivity index (χ1v) is 8.27. The molecule has 0 radical (unpaired) electrons. The van der Waals surface area contributed by atoms with E-state index in [0.717, 1.165) is 11.3 Å². The predicted octanol–water partition coefficient (Wildman–Crippen LogP) is 3.53. The number of hydrogen-bond donors (Lipinski definition) is 0. The summed E-state index contributed by atoms with van der Waals surface area (Å²) in [5, 5.41) is 10.7. The Morgan fingerprint density at radius 1 is 1.43 bits per heavy atom. The number of nitro groups is 1. The number of non-ortho nitro benzene ring substituents is 1. The number of carbonyl (C=O) groups excluding carboxylic acids is 1. The molecule has 1 atom stereocenters. The van der Waals surface area contributed by atoms with Crippen LogP contribution >= 0.6 is 23.4 Å². The first-order valence-electron chi connectivity index (χ1n) is 6.84. The first-order chi connectivity index (χ1) is 11.1. The third-order valence-corrected chi connectivity index (χ3v) is 5.09. The van der Waals surface area contributed by atoms with Crippen LogP contribution in [0.2, 0.25) is 5.02 Å². The normalized spacial score (nSPS) is 17.3. The van der Waals surface area contributed by atoms with Crippen LogP contribution in [0.25, 0.3) is 0 Å². The number of pyridine rings is 1. The van der Waals surface area contributed by atoms with E-state index in [4.69, 9.17) is 11.6 Å². The van der Waals surface area contributed by atoms with Crippen LogP contribution in [0, 0.1) is 10.1 Å². The Kier molecular flexibility index (Phi) is 4.49. The second-order valence-electron chi connectivity index (χ2n) is 4.93. The van der Waals surface area contributed by atoms with Crippen molar-refractivity contribution in [3.05, 3.63) is 69.0 Å². The average Bonchev–Trinajstić information content (AvgIpc) is 3.04. The van der Waals surface area contributed by atoms with E-state index in [0.29, 0.717) is 6.54 Å². The van der Waals surface area contributed by atoms with Crippen LogP contribution in [0.15, 0.2) is 42.7 Å². The highest BCUT2D eigenvalue weighted by Crippen LogP contribution is 2.39. The number of nitrogens with zero attached hydrogens (tertiary/aromatic N) is 3. The van der Waals surface area contributed by atoms with E-state index in [2.05, 4.69) is 4.98 Å². The molecular formula is C15H12ClN3O3S. The Balaban J connectivity index is 1.89. The third kappa shape index (κ3) is 3.16. The maximum absolute atomic E-state index is 12.8. The van der Waals surface area contributed by atoms with Crippen molar-refractivity contribution in [2.24, 2.45) is 0 Å². The molecule has 118 valence electrons. The summed E-state index contributed by atoms with van der Waals surface area (Å²) in [6.07, 6.45) is 3.42. The van der Waals surface area contributed by atoms with Gasteiger partial charge in [-0.15, -0.1) is 11.8 Å². The number of rotatable bonds is 3. The van der Waals surface area contributed by atoms with E-state index in [1.807, 2.05) is 12.1 Å². The molecule has 2 aromatic rings. The lowest BCUT2D eigenvalue weighted by molar-refractivity contribution is -0.384. The summed E-state index contributed by atoms with van der Waals surface area (Å²) in [5.41, 5.74) is 1.08. The monoisotopic (exact) mass is 349 g/mol. The van der Waals surface area contributed by atoms with E-state index >= 15 is 0 Å². The summed E-state index contributed by atoms with van der Waals surface area (Å²) in [6.45, 7) is 0.594. The predicted molar refractivity (Wildman–Crippen MR) is 88.6 cm³/mol. The second-order valence-corrected chi connectivity index (χ2v) is 6.52. The first kappa shape index (κ1) is 15.8. The molecule has 0 aliphatic carbocycles. The van der Waals surface area contributed by atoms with Gasteiger partial charge in [-0.1, -0.05) is 17.7 Å². The van der Waals surface area contributed by atoms with Crippen molar-refractivity contribution >= 4 is 35.0 Å². The molecule has 1 amide bonds. The topological polar surface area (TPSA) is 76.3 Å². The Morgan fingerprint density at radius 2 is 2.26 bits per heavy atom. The van der Waals surface area contributed by atoms with Crippen molar-refractivity contribution < 1.29 is 9.72 Å². The minimum atomic E-state index is -0.537. The number of nitro benzene ring substituents is 1. The van der Waals surface area contributed by atoms with E-state index in [9.17, 15) is 14.9 Å². The number of aromatic nitrogens is 1. The zero-order chi connectivity index (χ0) is 16.4. The Labute approximate surface area is 141 Å². The van der Waals surface area contributed by atoms with Gasteiger partial charge in [0.1, 0.15) is 5.37 Å². The fourth-order valence-electron chi connectivity index (χ4n) is 2.42. The van der Waals surface area contributed by atoms with Crippen LogP contribution < -0.4 is 0 Å². The number of carbonyl (C=O) groups is 1. The lowest BCUT2D eigenvalue weighted by atomic mass is 10.1. The van der Waals surface area contributed by atoms with Gasteiger partial charge in [-0.2, -0.15) is 0 Å².